The van der Waals surface area contributed by atoms with Crippen LogP contribution >= 0.6 is 0 Å². The number of hydrogen-bond donors (Lipinski definition) is 0. The molecule has 2 aliphatic rings. The van der Waals surface area contributed by atoms with E-state index in [2.05, 4.69) is 22.3 Å². The number of benzene rings is 1. The number of aromatic nitrogens is 2. The average Bonchev–Trinajstić information content (AvgIpc) is 3.29. The summed E-state index contributed by atoms with van der Waals surface area (Å²) in [6, 6.07) is 10.4. The highest BCUT2D eigenvalue weighted by Crippen LogP contribution is 2.48. The van der Waals surface area contributed by atoms with Crippen LogP contribution in [0.25, 0.3) is 0 Å². The Kier molecular flexibility index (Phi) is 3.63. The number of carbonyl (C=O) groups is 1. The standard InChI is InChI=1S/C18H21N3O2/c1-12-19-17(23-20-12)14-8-5-9-21(11-14)18(22)16-10-15(16)13-6-3-2-4-7-13/h2-4,6-7,14-16H,5,8-11H2,1H3/t14-,15+,16-/m1/s1. The zero-order chi connectivity index (χ0) is 15.8. The molecule has 4 rings (SSSR count). The first-order valence-electron chi connectivity index (χ1n) is 8.36. The Labute approximate surface area is 135 Å². The third-order valence-corrected chi connectivity index (χ3v) is 4.96. The van der Waals surface area contributed by atoms with Gasteiger partial charge in [-0.05, 0) is 37.7 Å². The van der Waals surface area contributed by atoms with Crippen molar-refractivity contribution in [2.75, 3.05) is 13.1 Å². The number of rotatable bonds is 3. The molecule has 0 radical (unpaired) electrons. The van der Waals surface area contributed by atoms with E-state index in [0.717, 1.165) is 25.8 Å². The molecule has 5 nitrogen and oxygen atoms in total. The Morgan fingerprint density at radius 1 is 1.30 bits per heavy atom. The molecule has 120 valence electrons. The van der Waals surface area contributed by atoms with Gasteiger partial charge in [0.25, 0.3) is 0 Å². The zero-order valence-corrected chi connectivity index (χ0v) is 13.3. The van der Waals surface area contributed by atoms with Crippen molar-refractivity contribution in [2.24, 2.45) is 5.92 Å². The summed E-state index contributed by atoms with van der Waals surface area (Å²) >= 11 is 0. The number of hydrogen-bond acceptors (Lipinski definition) is 4. The van der Waals surface area contributed by atoms with Crippen molar-refractivity contribution in [3.05, 3.63) is 47.6 Å². The molecular formula is C18H21N3O2. The van der Waals surface area contributed by atoms with Gasteiger partial charge in [0.15, 0.2) is 5.82 Å². The number of piperidine rings is 1. The second kappa shape index (κ2) is 5.80. The molecule has 1 aliphatic carbocycles. The molecule has 2 fully saturated rings. The van der Waals surface area contributed by atoms with E-state index in [4.69, 9.17) is 4.52 Å². The molecule has 0 N–H and O–H groups in total. The first-order valence-corrected chi connectivity index (χ1v) is 8.36. The van der Waals surface area contributed by atoms with Crippen LogP contribution in [0.4, 0.5) is 0 Å². The maximum atomic E-state index is 12.8. The summed E-state index contributed by atoms with van der Waals surface area (Å²) in [6.45, 7) is 3.38. The second-order valence-corrected chi connectivity index (χ2v) is 6.66. The lowest BCUT2D eigenvalue weighted by Gasteiger charge is -2.31. The molecule has 1 amide bonds. The van der Waals surface area contributed by atoms with Gasteiger partial charge in [-0.1, -0.05) is 35.5 Å². The highest BCUT2D eigenvalue weighted by molar-refractivity contribution is 5.83. The van der Waals surface area contributed by atoms with Gasteiger partial charge in [-0.3, -0.25) is 4.79 Å². The van der Waals surface area contributed by atoms with Crippen LogP contribution in [0.2, 0.25) is 0 Å². The fourth-order valence-electron chi connectivity index (χ4n) is 3.63. The predicted octanol–water partition coefficient (Wildman–Crippen LogP) is 2.89. The third kappa shape index (κ3) is 2.87. The molecule has 23 heavy (non-hydrogen) atoms. The quantitative estimate of drug-likeness (QED) is 0.874. The number of amides is 1. The van der Waals surface area contributed by atoms with Gasteiger partial charge >= 0.3 is 0 Å². The van der Waals surface area contributed by atoms with Gasteiger partial charge in [-0.15, -0.1) is 0 Å². The smallest absolute Gasteiger partial charge is 0.231 e. The van der Waals surface area contributed by atoms with Gasteiger partial charge in [-0.2, -0.15) is 4.98 Å². The van der Waals surface area contributed by atoms with Gasteiger partial charge in [0, 0.05) is 19.0 Å². The molecule has 5 heteroatoms. The van der Waals surface area contributed by atoms with Crippen molar-refractivity contribution in [3.63, 3.8) is 0 Å². The summed E-state index contributed by atoms with van der Waals surface area (Å²) < 4.78 is 5.30. The number of nitrogens with zero attached hydrogens (tertiary/aromatic N) is 3. The number of carbonyl (C=O) groups excluding carboxylic acids is 1. The first-order chi connectivity index (χ1) is 11.2. The second-order valence-electron chi connectivity index (χ2n) is 6.66. The molecule has 1 aromatic heterocycles. The maximum absolute atomic E-state index is 12.8. The SMILES string of the molecule is Cc1noc([C@@H]2CCCN(C(=O)[C@@H]3C[C@H]3c3ccccc3)C2)n1. The fourth-order valence-corrected chi connectivity index (χ4v) is 3.63. The summed E-state index contributed by atoms with van der Waals surface area (Å²) in [4.78, 5) is 19.1. The molecule has 1 aliphatic heterocycles. The van der Waals surface area contributed by atoms with Crippen LogP contribution in [0, 0.1) is 12.8 Å². The highest BCUT2D eigenvalue weighted by atomic mass is 16.5. The Bertz CT molecular complexity index is 697. The minimum Gasteiger partial charge on any atom is -0.342 e. The molecule has 1 saturated carbocycles. The fraction of sp³-hybridized carbons (Fsp3) is 0.500. The maximum Gasteiger partial charge on any atom is 0.231 e. The van der Waals surface area contributed by atoms with E-state index < -0.39 is 0 Å². The van der Waals surface area contributed by atoms with Crippen LogP contribution < -0.4 is 0 Å². The summed E-state index contributed by atoms with van der Waals surface area (Å²) in [6.07, 6.45) is 2.99. The van der Waals surface area contributed by atoms with E-state index in [0.29, 0.717) is 30.1 Å². The van der Waals surface area contributed by atoms with Gasteiger partial charge in [0.2, 0.25) is 11.8 Å². The van der Waals surface area contributed by atoms with E-state index >= 15 is 0 Å². The van der Waals surface area contributed by atoms with E-state index in [1.165, 1.54) is 5.56 Å². The molecule has 1 aromatic carbocycles. The van der Waals surface area contributed by atoms with E-state index in [1.807, 2.05) is 30.0 Å². The van der Waals surface area contributed by atoms with Crippen LogP contribution in [0.15, 0.2) is 34.9 Å². The van der Waals surface area contributed by atoms with Crippen molar-refractivity contribution in [3.8, 4) is 0 Å². The Balaban J connectivity index is 1.41. The molecule has 2 aromatic rings. The highest BCUT2D eigenvalue weighted by Gasteiger charge is 2.46. The first kappa shape index (κ1) is 14.4. The largest absolute Gasteiger partial charge is 0.342 e. The summed E-state index contributed by atoms with van der Waals surface area (Å²) in [5.41, 5.74) is 1.28. The molecule has 0 spiro atoms. The molecular weight excluding hydrogens is 290 g/mol. The number of likely N-dealkylation sites (tertiary alicyclic amines) is 1. The van der Waals surface area contributed by atoms with Gasteiger partial charge in [0.05, 0.1) is 5.92 Å². The molecule has 0 bridgehead atoms. The lowest BCUT2D eigenvalue weighted by molar-refractivity contribution is -0.134. The third-order valence-electron chi connectivity index (χ3n) is 4.96. The molecule has 1 saturated heterocycles. The Morgan fingerprint density at radius 3 is 2.87 bits per heavy atom. The number of aryl methyl sites for hydroxylation is 1. The minimum absolute atomic E-state index is 0.153. The Morgan fingerprint density at radius 2 is 2.13 bits per heavy atom. The zero-order valence-electron chi connectivity index (χ0n) is 13.3. The van der Waals surface area contributed by atoms with Crippen LogP contribution in [0.5, 0.6) is 0 Å². The van der Waals surface area contributed by atoms with Gasteiger partial charge in [-0.25, -0.2) is 0 Å². The lowest BCUT2D eigenvalue weighted by Crippen LogP contribution is -2.40. The van der Waals surface area contributed by atoms with E-state index in [9.17, 15) is 4.79 Å². The summed E-state index contributed by atoms with van der Waals surface area (Å²) in [5.74, 6) is 2.36. The topological polar surface area (TPSA) is 59.2 Å². The minimum atomic E-state index is 0.153. The van der Waals surface area contributed by atoms with Gasteiger partial charge in [0.1, 0.15) is 0 Å². The predicted molar refractivity (Wildman–Crippen MR) is 84.9 cm³/mol. The van der Waals surface area contributed by atoms with Crippen molar-refractivity contribution in [2.45, 2.75) is 38.0 Å². The van der Waals surface area contributed by atoms with Crippen molar-refractivity contribution < 1.29 is 9.32 Å². The normalized spacial score (nSPS) is 27.0. The monoisotopic (exact) mass is 311 g/mol. The Hall–Kier alpha value is -2.17. The van der Waals surface area contributed by atoms with E-state index in [-0.39, 0.29) is 11.8 Å². The van der Waals surface area contributed by atoms with E-state index in [1.54, 1.807) is 0 Å². The van der Waals surface area contributed by atoms with Gasteiger partial charge < -0.3 is 9.42 Å². The van der Waals surface area contributed by atoms with Crippen LogP contribution in [-0.2, 0) is 4.79 Å². The summed E-state index contributed by atoms with van der Waals surface area (Å²) in [7, 11) is 0. The van der Waals surface area contributed by atoms with Crippen molar-refractivity contribution in [1.82, 2.24) is 15.0 Å². The average molecular weight is 311 g/mol. The van der Waals surface area contributed by atoms with Crippen LogP contribution in [0.3, 0.4) is 0 Å². The van der Waals surface area contributed by atoms with Crippen LogP contribution in [-0.4, -0.2) is 34.0 Å². The van der Waals surface area contributed by atoms with Crippen molar-refractivity contribution in [1.29, 1.82) is 0 Å². The van der Waals surface area contributed by atoms with Crippen molar-refractivity contribution >= 4 is 5.91 Å². The molecule has 0 unspecified atom stereocenters. The van der Waals surface area contributed by atoms with Crippen LogP contribution in [0.1, 0.15) is 48.4 Å². The summed E-state index contributed by atoms with van der Waals surface area (Å²) in [5, 5.41) is 3.87. The molecule has 2 heterocycles. The lowest BCUT2D eigenvalue weighted by atomic mass is 9.97. The molecule has 3 atom stereocenters.